The van der Waals surface area contributed by atoms with Crippen LogP contribution in [0.15, 0.2) is 86.0 Å². The number of para-hydroxylation sites is 2. The number of hydrogen-bond acceptors (Lipinski definition) is 3. The summed E-state index contributed by atoms with van der Waals surface area (Å²) in [6.07, 6.45) is 9.70. The Balaban J connectivity index is 0.000000804. The second-order valence-corrected chi connectivity index (χ2v) is 7.05. The van der Waals surface area contributed by atoms with Crippen molar-refractivity contribution in [3.63, 3.8) is 0 Å². The van der Waals surface area contributed by atoms with Crippen molar-refractivity contribution in [3.05, 3.63) is 97.1 Å². The van der Waals surface area contributed by atoms with Crippen LogP contribution < -0.4 is 4.74 Å². The summed E-state index contributed by atoms with van der Waals surface area (Å²) in [6, 6.07) is 16.3. The molecule has 30 heavy (non-hydrogen) atoms. The van der Waals surface area contributed by atoms with Crippen LogP contribution in [0, 0.1) is 0 Å². The average molecular weight is 429 g/mol. The van der Waals surface area contributed by atoms with E-state index >= 15 is 0 Å². The molecule has 0 atom stereocenters. The topological polar surface area (TPSA) is 83.8 Å². The molecule has 0 fully saturated rings. The first kappa shape index (κ1) is 25.1. The Labute approximate surface area is 179 Å². The van der Waals surface area contributed by atoms with Crippen LogP contribution in [0.3, 0.4) is 0 Å². The standard InChI is InChI=1S/C24H26O.H2O4S/c1-5-13-19(7-3)21-15-9-11-17-23(21)25-24-18-12-10-16-22(24)20(8-4)14-6-2;1-5(2,3)4/h5-12,15-18H,1-2,13-14H2,3-4H3;(H2,1,2,3,4). The third-order valence-corrected chi connectivity index (χ3v) is 4.11. The van der Waals surface area contributed by atoms with Crippen molar-refractivity contribution in [2.45, 2.75) is 26.7 Å². The van der Waals surface area contributed by atoms with Crippen molar-refractivity contribution in [1.82, 2.24) is 0 Å². The molecule has 0 heterocycles. The van der Waals surface area contributed by atoms with E-state index in [2.05, 4.69) is 37.4 Å². The Hall–Kier alpha value is -2.93. The summed E-state index contributed by atoms with van der Waals surface area (Å²) in [5, 5.41) is 0. The van der Waals surface area contributed by atoms with Crippen molar-refractivity contribution in [2.75, 3.05) is 0 Å². The minimum absolute atomic E-state index is 0.815. The first-order valence-electron chi connectivity index (χ1n) is 9.33. The summed E-state index contributed by atoms with van der Waals surface area (Å²) < 4.78 is 37.9. The van der Waals surface area contributed by atoms with Crippen LogP contribution >= 0.6 is 0 Å². The van der Waals surface area contributed by atoms with E-state index in [1.54, 1.807) is 0 Å². The third kappa shape index (κ3) is 8.61. The van der Waals surface area contributed by atoms with E-state index in [4.69, 9.17) is 22.3 Å². The van der Waals surface area contributed by atoms with E-state index < -0.39 is 10.4 Å². The normalized spacial score (nSPS) is 11.9. The van der Waals surface area contributed by atoms with E-state index in [1.165, 1.54) is 11.1 Å². The van der Waals surface area contributed by atoms with Gasteiger partial charge in [-0.05, 0) is 50.0 Å². The Kier molecular flexibility index (Phi) is 10.5. The first-order valence-corrected chi connectivity index (χ1v) is 10.7. The van der Waals surface area contributed by atoms with Gasteiger partial charge in [-0.3, -0.25) is 9.11 Å². The summed E-state index contributed by atoms with van der Waals surface area (Å²) in [6.45, 7) is 11.8. The van der Waals surface area contributed by atoms with Crippen molar-refractivity contribution in [2.24, 2.45) is 0 Å². The average Bonchev–Trinajstić information content (AvgIpc) is 2.70. The highest BCUT2D eigenvalue weighted by Crippen LogP contribution is 2.36. The molecule has 2 N–H and O–H groups in total. The summed E-state index contributed by atoms with van der Waals surface area (Å²) in [5.74, 6) is 1.72. The number of allylic oxidation sites excluding steroid dienone is 6. The fraction of sp³-hybridized carbons (Fsp3) is 0.167. The minimum Gasteiger partial charge on any atom is -0.456 e. The van der Waals surface area contributed by atoms with Gasteiger partial charge in [0.05, 0.1) is 0 Å². The quantitative estimate of drug-likeness (QED) is 0.357. The maximum atomic E-state index is 8.74. The van der Waals surface area contributed by atoms with E-state index in [1.807, 2.05) is 62.4 Å². The second kappa shape index (κ2) is 12.6. The van der Waals surface area contributed by atoms with Gasteiger partial charge in [-0.1, -0.05) is 60.7 Å². The second-order valence-electron chi connectivity index (χ2n) is 6.16. The number of rotatable bonds is 8. The van der Waals surface area contributed by atoms with Crippen molar-refractivity contribution in [1.29, 1.82) is 0 Å². The molecule has 5 nitrogen and oxygen atoms in total. The zero-order chi connectivity index (χ0) is 22.6. The predicted molar refractivity (Wildman–Crippen MR) is 124 cm³/mol. The Morgan fingerprint density at radius 3 is 1.47 bits per heavy atom. The lowest BCUT2D eigenvalue weighted by Crippen LogP contribution is -1.95. The SMILES string of the molecule is C=CCC(=CC)c1ccccc1Oc1ccccc1C(=CC)CC=C.O=S(=O)(O)O. The lowest BCUT2D eigenvalue weighted by atomic mass is 10.0. The van der Waals surface area contributed by atoms with Gasteiger partial charge in [-0.15, -0.1) is 13.2 Å². The third-order valence-electron chi connectivity index (χ3n) is 4.11. The molecule has 2 rings (SSSR count). The molecule has 0 radical (unpaired) electrons. The molecule has 0 spiro atoms. The predicted octanol–water partition coefficient (Wildman–Crippen LogP) is 6.78. The lowest BCUT2D eigenvalue weighted by molar-refractivity contribution is 0.381. The fourth-order valence-electron chi connectivity index (χ4n) is 2.84. The van der Waals surface area contributed by atoms with Crippen LogP contribution in [0.25, 0.3) is 11.1 Å². The summed E-state index contributed by atoms with van der Waals surface area (Å²) in [7, 11) is -4.67. The van der Waals surface area contributed by atoms with Gasteiger partial charge in [0.2, 0.25) is 0 Å². The first-order chi connectivity index (χ1) is 14.2. The van der Waals surface area contributed by atoms with Crippen LogP contribution in [0.4, 0.5) is 0 Å². The molecule has 0 saturated carbocycles. The highest BCUT2D eigenvalue weighted by Gasteiger charge is 2.12. The van der Waals surface area contributed by atoms with Crippen LogP contribution in [0.5, 0.6) is 11.5 Å². The lowest BCUT2D eigenvalue weighted by Gasteiger charge is -2.16. The zero-order valence-corrected chi connectivity index (χ0v) is 18.1. The van der Waals surface area contributed by atoms with Gasteiger partial charge in [0, 0.05) is 11.1 Å². The van der Waals surface area contributed by atoms with Gasteiger partial charge in [-0.2, -0.15) is 8.42 Å². The number of ether oxygens (including phenoxy) is 1. The number of benzene rings is 2. The highest BCUT2D eigenvalue weighted by molar-refractivity contribution is 7.79. The smallest absolute Gasteiger partial charge is 0.394 e. The Bertz CT molecular complexity index is 942. The van der Waals surface area contributed by atoms with Gasteiger partial charge in [-0.25, -0.2) is 0 Å². The van der Waals surface area contributed by atoms with Crippen molar-refractivity contribution in [3.8, 4) is 11.5 Å². The summed E-state index contributed by atoms with van der Waals surface area (Å²) in [5.41, 5.74) is 4.62. The van der Waals surface area contributed by atoms with Crippen LogP contribution in [-0.2, 0) is 10.4 Å². The zero-order valence-electron chi connectivity index (χ0n) is 17.3. The van der Waals surface area contributed by atoms with Gasteiger partial charge < -0.3 is 4.74 Å². The Morgan fingerprint density at radius 1 is 0.833 bits per heavy atom. The minimum atomic E-state index is -4.67. The van der Waals surface area contributed by atoms with Gasteiger partial charge >= 0.3 is 10.4 Å². The summed E-state index contributed by atoms with van der Waals surface area (Å²) in [4.78, 5) is 0. The van der Waals surface area contributed by atoms with Crippen molar-refractivity contribution < 1.29 is 22.3 Å². The molecular weight excluding hydrogens is 400 g/mol. The molecule has 0 saturated heterocycles. The molecule has 0 unspecified atom stereocenters. The molecule has 0 aliphatic carbocycles. The van der Waals surface area contributed by atoms with Gasteiger partial charge in [0.15, 0.2) is 0 Å². The molecule has 0 aromatic heterocycles. The van der Waals surface area contributed by atoms with Crippen LogP contribution in [-0.4, -0.2) is 17.5 Å². The fourth-order valence-corrected chi connectivity index (χ4v) is 2.84. The summed E-state index contributed by atoms with van der Waals surface area (Å²) >= 11 is 0. The van der Waals surface area contributed by atoms with E-state index in [0.29, 0.717) is 0 Å². The molecular formula is C24H28O5S. The van der Waals surface area contributed by atoms with E-state index in [9.17, 15) is 0 Å². The Morgan fingerprint density at radius 2 is 1.17 bits per heavy atom. The van der Waals surface area contributed by atoms with Crippen LogP contribution in [0.1, 0.15) is 37.8 Å². The molecule has 2 aromatic rings. The molecule has 6 heteroatoms. The van der Waals surface area contributed by atoms with Crippen LogP contribution in [0.2, 0.25) is 0 Å². The van der Waals surface area contributed by atoms with Gasteiger partial charge in [0.1, 0.15) is 11.5 Å². The molecule has 0 aliphatic heterocycles. The van der Waals surface area contributed by atoms with E-state index in [0.717, 1.165) is 35.5 Å². The number of hydrogen-bond donors (Lipinski definition) is 2. The monoisotopic (exact) mass is 428 g/mol. The molecule has 2 aromatic carbocycles. The largest absolute Gasteiger partial charge is 0.456 e. The highest BCUT2D eigenvalue weighted by atomic mass is 32.3. The van der Waals surface area contributed by atoms with Crippen molar-refractivity contribution >= 4 is 21.5 Å². The molecule has 0 bridgehead atoms. The molecule has 0 aliphatic rings. The van der Waals surface area contributed by atoms with Gasteiger partial charge in [0.25, 0.3) is 0 Å². The maximum Gasteiger partial charge on any atom is 0.394 e. The maximum absolute atomic E-state index is 8.74. The van der Waals surface area contributed by atoms with E-state index in [-0.39, 0.29) is 0 Å². The molecule has 0 amide bonds. The molecule has 160 valence electrons.